The molecule has 3 aromatic rings. The van der Waals surface area contributed by atoms with E-state index in [9.17, 15) is 9.59 Å². The van der Waals surface area contributed by atoms with E-state index >= 15 is 0 Å². The molecule has 2 aromatic carbocycles. The molecule has 0 radical (unpaired) electrons. The highest BCUT2D eigenvalue weighted by Crippen LogP contribution is 2.48. The zero-order valence-electron chi connectivity index (χ0n) is 19.7. The number of aromatic nitrogens is 2. The molecule has 1 aliphatic carbocycles. The van der Waals surface area contributed by atoms with Crippen LogP contribution in [0, 0.1) is 25.7 Å². The maximum absolute atomic E-state index is 13.0. The van der Waals surface area contributed by atoms with E-state index in [0.29, 0.717) is 18.1 Å². The summed E-state index contributed by atoms with van der Waals surface area (Å²) < 4.78 is 7.19. The Labute approximate surface area is 198 Å². The monoisotopic (exact) mass is 461 g/mol. The van der Waals surface area contributed by atoms with E-state index in [1.54, 1.807) is 0 Å². The Bertz CT molecular complexity index is 1250. The molecule has 8 nitrogen and oxygen atoms in total. The van der Waals surface area contributed by atoms with Crippen LogP contribution in [-0.2, 0) is 9.53 Å². The highest BCUT2D eigenvalue weighted by molar-refractivity contribution is 5.76. The number of ether oxygens (including phenoxy) is 1. The number of anilines is 3. The summed E-state index contributed by atoms with van der Waals surface area (Å²) in [5.41, 5.74) is 10.8. The summed E-state index contributed by atoms with van der Waals surface area (Å²) in [6.07, 6.45) is 1.57. The van der Waals surface area contributed by atoms with Gasteiger partial charge in [-0.05, 0) is 62.8 Å². The fraction of sp³-hybridized carbons (Fsp3) is 0.385. The molecule has 34 heavy (non-hydrogen) atoms. The summed E-state index contributed by atoms with van der Waals surface area (Å²) in [5.74, 6) is 0.664. The van der Waals surface area contributed by atoms with Gasteiger partial charge in [-0.3, -0.25) is 24.8 Å². The Balaban J connectivity index is 1.48. The second-order valence-electron chi connectivity index (χ2n) is 9.27. The van der Waals surface area contributed by atoms with Gasteiger partial charge in [0.2, 0.25) is 0 Å². The minimum Gasteiger partial charge on any atom is -0.466 e. The number of hydrogen-bond donors (Lipinski definition) is 4. The van der Waals surface area contributed by atoms with E-state index in [4.69, 9.17) is 4.74 Å². The molecule has 1 aliphatic heterocycles. The van der Waals surface area contributed by atoms with Gasteiger partial charge in [0.1, 0.15) is 0 Å². The summed E-state index contributed by atoms with van der Waals surface area (Å²) in [4.78, 5) is 25.3. The summed E-state index contributed by atoms with van der Waals surface area (Å²) >= 11 is 0. The van der Waals surface area contributed by atoms with Gasteiger partial charge in [0.15, 0.2) is 11.5 Å². The van der Waals surface area contributed by atoms with Gasteiger partial charge in [-0.1, -0.05) is 42.0 Å². The molecule has 1 fully saturated rings. The number of rotatable bonds is 7. The van der Waals surface area contributed by atoms with Crippen molar-refractivity contribution in [3.05, 3.63) is 75.6 Å². The first kappa shape index (κ1) is 22.1. The van der Waals surface area contributed by atoms with Gasteiger partial charge in [0, 0.05) is 6.04 Å². The molecule has 4 unspecified atom stereocenters. The van der Waals surface area contributed by atoms with Crippen molar-refractivity contribution in [2.45, 2.75) is 45.7 Å². The van der Waals surface area contributed by atoms with E-state index in [-0.39, 0.29) is 35.4 Å². The molecule has 178 valence electrons. The fourth-order valence-corrected chi connectivity index (χ4v) is 5.10. The van der Waals surface area contributed by atoms with Crippen LogP contribution in [0.3, 0.4) is 0 Å². The van der Waals surface area contributed by atoms with Crippen molar-refractivity contribution >= 4 is 23.2 Å². The van der Waals surface area contributed by atoms with Crippen LogP contribution >= 0.6 is 0 Å². The lowest BCUT2D eigenvalue weighted by atomic mass is 9.91. The van der Waals surface area contributed by atoms with E-state index in [2.05, 4.69) is 53.3 Å². The van der Waals surface area contributed by atoms with Crippen LogP contribution in [0.5, 0.6) is 0 Å². The van der Waals surface area contributed by atoms with Crippen molar-refractivity contribution in [1.29, 1.82) is 0 Å². The first-order chi connectivity index (χ1) is 16.5. The third-order valence-electron chi connectivity index (χ3n) is 6.87. The van der Waals surface area contributed by atoms with Gasteiger partial charge in [-0.15, -0.1) is 0 Å². The van der Waals surface area contributed by atoms with Gasteiger partial charge in [-0.25, -0.2) is 0 Å². The number of para-hydroxylation sites is 1. The third-order valence-corrected chi connectivity index (χ3v) is 6.87. The number of esters is 1. The Morgan fingerprint density at radius 2 is 1.91 bits per heavy atom. The van der Waals surface area contributed by atoms with Crippen LogP contribution in [0.4, 0.5) is 17.2 Å². The summed E-state index contributed by atoms with van der Waals surface area (Å²) in [5, 5.41) is 6.59. The van der Waals surface area contributed by atoms with E-state index in [0.717, 1.165) is 18.5 Å². The first-order valence-electron chi connectivity index (χ1n) is 11.9. The van der Waals surface area contributed by atoms with Crippen molar-refractivity contribution in [2.75, 3.05) is 22.8 Å². The lowest BCUT2D eigenvalue weighted by molar-refractivity contribution is -0.145. The number of benzene rings is 2. The summed E-state index contributed by atoms with van der Waals surface area (Å²) in [7, 11) is 0. The Morgan fingerprint density at radius 1 is 1.12 bits per heavy atom. The molecule has 1 aromatic heterocycles. The fourth-order valence-electron chi connectivity index (χ4n) is 5.10. The first-order valence-corrected chi connectivity index (χ1v) is 11.9. The standard InChI is InChI=1S/C26H31N5O3/c1-4-34-26(33)20-13-19(20)21-14-22(18-11-10-15(2)12-16(18)3)31-24(27-21)23(25(32)30-31)29-28-17-8-6-5-7-9-17/h5-12,19-22,27-29H,4,13-14H2,1-3H3,(H,30,32). The number of carbonyl (C=O) groups is 1. The number of H-pyrrole nitrogens is 1. The number of fused-ring (bicyclic) bond motifs is 1. The van der Waals surface area contributed by atoms with Crippen LogP contribution in [0.2, 0.25) is 0 Å². The number of aryl methyl sites for hydroxylation is 2. The molecule has 8 heteroatoms. The van der Waals surface area contributed by atoms with E-state index < -0.39 is 0 Å². The van der Waals surface area contributed by atoms with Gasteiger partial charge in [0.05, 0.1) is 24.3 Å². The number of hydrogen-bond acceptors (Lipinski definition) is 6. The molecule has 0 saturated heterocycles. The average Bonchev–Trinajstić information content (AvgIpc) is 3.56. The van der Waals surface area contributed by atoms with Crippen LogP contribution in [-0.4, -0.2) is 28.4 Å². The van der Waals surface area contributed by atoms with Crippen molar-refractivity contribution in [1.82, 2.24) is 9.78 Å². The number of carbonyl (C=O) groups excluding carboxylic acids is 1. The SMILES string of the molecule is CCOC(=O)C1CC1C1CC(c2ccc(C)cc2C)n2[nH]c(=O)c(NNc3ccccc3)c2N1. The molecule has 2 aliphatic rings. The van der Waals surface area contributed by atoms with E-state index in [1.807, 2.05) is 41.9 Å². The Hall–Kier alpha value is -3.68. The second kappa shape index (κ2) is 8.93. The maximum Gasteiger partial charge on any atom is 0.309 e. The number of nitrogens with one attached hydrogen (secondary N) is 4. The highest BCUT2D eigenvalue weighted by atomic mass is 16.5. The number of nitrogens with zero attached hydrogens (tertiary/aromatic N) is 1. The molecule has 4 N–H and O–H groups in total. The normalized spacial score (nSPS) is 22.9. The van der Waals surface area contributed by atoms with Gasteiger partial charge in [-0.2, -0.15) is 0 Å². The zero-order chi connectivity index (χ0) is 23.8. The quantitative estimate of drug-likeness (QED) is 0.311. The average molecular weight is 462 g/mol. The van der Waals surface area contributed by atoms with E-state index in [1.165, 1.54) is 16.7 Å². The molecule has 5 rings (SSSR count). The lowest BCUT2D eigenvalue weighted by Crippen LogP contribution is -2.36. The molecular formula is C26H31N5O3. The smallest absolute Gasteiger partial charge is 0.309 e. The maximum atomic E-state index is 13.0. The zero-order valence-corrected chi connectivity index (χ0v) is 19.7. The van der Waals surface area contributed by atoms with Gasteiger partial charge >= 0.3 is 5.97 Å². The predicted octanol–water partition coefficient (Wildman–Crippen LogP) is 4.21. The molecule has 0 amide bonds. The van der Waals surface area contributed by atoms with Crippen LogP contribution < -0.4 is 21.7 Å². The highest BCUT2D eigenvalue weighted by Gasteiger charge is 2.51. The molecule has 0 spiro atoms. The van der Waals surface area contributed by atoms with Gasteiger partial charge in [0.25, 0.3) is 5.56 Å². The van der Waals surface area contributed by atoms with Gasteiger partial charge < -0.3 is 15.5 Å². The lowest BCUT2D eigenvalue weighted by Gasteiger charge is -2.34. The summed E-state index contributed by atoms with van der Waals surface area (Å²) in [6, 6.07) is 16.1. The van der Waals surface area contributed by atoms with Crippen molar-refractivity contribution < 1.29 is 9.53 Å². The summed E-state index contributed by atoms with van der Waals surface area (Å²) in [6.45, 7) is 6.41. The molecule has 4 atom stereocenters. The molecule has 2 heterocycles. The predicted molar refractivity (Wildman–Crippen MR) is 133 cm³/mol. The molecule has 1 saturated carbocycles. The topological polar surface area (TPSA) is 100 Å². The number of hydrazine groups is 1. The van der Waals surface area contributed by atoms with Crippen molar-refractivity contribution in [3.63, 3.8) is 0 Å². The van der Waals surface area contributed by atoms with Crippen molar-refractivity contribution in [3.8, 4) is 0 Å². The Kier molecular flexibility index (Phi) is 5.81. The third kappa shape index (κ3) is 4.16. The molecular weight excluding hydrogens is 430 g/mol. The second-order valence-corrected chi connectivity index (χ2v) is 9.27. The Morgan fingerprint density at radius 3 is 2.65 bits per heavy atom. The number of aromatic amines is 1. The van der Waals surface area contributed by atoms with Crippen LogP contribution in [0.15, 0.2) is 53.3 Å². The minimum absolute atomic E-state index is 0.0487. The molecule has 0 bridgehead atoms. The van der Waals surface area contributed by atoms with Crippen LogP contribution in [0.1, 0.15) is 42.5 Å². The van der Waals surface area contributed by atoms with Crippen LogP contribution in [0.25, 0.3) is 0 Å². The largest absolute Gasteiger partial charge is 0.466 e. The van der Waals surface area contributed by atoms with Crippen molar-refractivity contribution in [2.24, 2.45) is 11.8 Å². The minimum atomic E-state index is -0.209.